The van der Waals surface area contributed by atoms with Gasteiger partial charge in [-0.2, -0.15) is 0 Å². The largest absolute Gasteiger partial charge is 0.465 e. The zero-order chi connectivity index (χ0) is 25.4. The van der Waals surface area contributed by atoms with Gasteiger partial charge in [0.1, 0.15) is 17.1 Å². The topological polar surface area (TPSA) is 116 Å². The number of hydrogen-bond acceptors (Lipinski definition) is 8. The van der Waals surface area contributed by atoms with Gasteiger partial charge in [0.25, 0.3) is 0 Å². The average Bonchev–Trinajstić information content (AvgIpc) is 2.63. The third-order valence-electron chi connectivity index (χ3n) is 5.31. The average molecular weight is 463 g/mol. The van der Waals surface area contributed by atoms with Crippen LogP contribution in [0.2, 0.25) is 0 Å². The van der Waals surface area contributed by atoms with Gasteiger partial charge in [-0.15, -0.1) is 0 Å². The van der Waals surface area contributed by atoms with E-state index in [-0.39, 0.29) is 5.56 Å². The van der Waals surface area contributed by atoms with Crippen molar-refractivity contribution in [3.05, 3.63) is 35.4 Å². The second-order valence-corrected chi connectivity index (χ2v) is 10.7. The molecule has 0 heterocycles. The fourth-order valence-electron chi connectivity index (χ4n) is 4.11. The molecule has 2 rings (SSSR count). The lowest BCUT2D eigenvalue weighted by molar-refractivity contribution is -0.182. The second kappa shape index (κ2) is 9.25. The fraction of sp³-hybridized carbons (Fsp3) is 0.600. The van der Waals surface area contributed by atoms with Crippen LogP contribution in [0.4, 0.5) is 0 Å². The molecule has 1 aliphatic carbocycles. The second-order valence-electron chi connectivity index (χ2n) is 10.7. The number of methoxy groups -OCH3 is 1. The molecule has 0 aromatic heterocycles. The first-order chi connectivity index (χ1) is 15.0. The van der Waals surface area contributed by atoms with Gasteiger partial charge in [-0.25, -0.2) is 4.79 Å². The summed E-state index contributed by atoms with van der Waals surface area (Å²) < 4.78 is 15.8. The molecular weight excluding hydrogens is 428 g/mol. The molecule has 0 spiro atoms. The van der Waals surface area contributed by atoms with Gasteiger partial charge in [0.15, 0.2) is 5.78 Å². The van der Waals surface area contributed by atoms with Crippen molar-refractivity contribution in [2.75, 3.05) is 7.11 Å². The quantitative estimate of drug-likeness (QED) is 0.412. The summed E-state index contributed by atoms with van der Waals surface area (Å²) in [6.45, 7) is 11.5. The highest BCUT2D eigenvalue weighted by Gasteiger charge is 2.57. The van der Waals surface area contributed by atoms with Crippen LogP contribution in [-0.2, 0) is 28.6 Å². The number of ether oxygens (including phenoxy) is 3. The van der Waals surface area contributed by atoms with E-state index >= 15 is 0 Å². The van der Waals surface area contributed by atoms with Gasteiger partial charge in [-0.1, -0.05) is 12.1 Å². The Labute approximate surface area is 194 Å². The highest BCUT2D eigenvalue weighted by molar-refractivity contribution is 6.03. The normalized spacial score (nSPS) is 25.8. The predicted molar refractivity (Wildman–Crippen MR) is 119 cm³/mol. The van der Waals surface area contributed by atoms with Crippen molar-refractivity contribution in [2.45, 2.75) is 77.6 Å². The molecule has 0 saturated heterocycles. The maximum absolute atomic E-state index is 13.3. The van der Waals surface area contributed by atoms with Crippen LogP contribution in [0.1, 0.15) is 76.7 Å². The number of carbonyl (C=O) groups is 4. The smallest absolute Gasteiger partial charge is 0.337 e. The molecule has 33 heavy (non-hydrogen) atoms. The molecule has 1 aromatic rings. The molecule has 8 nitrogen and oxygen atoms in total. The fourth-order valence-corrected chi connectivity index (χ4v) is 4.11. The Bertz CT molecular complexity index is 915. The highest BCUT2D eigenvalue weighted by Crippen LogP contribution is 2.47. The van der Waals surface area contributed by atoms with Crippen molar-refractivity contribution in [1.82, 2.24) is 0 Å². The lowest BCUT2D eigenvalue weighted by Gasteiger charge is -2.44. The number of ketones is 1. The van der Waals surface area contributed by atoms with Gasteiger partial charge in [-0.05, 0) is 66.2 Å². The van der Waals surface area contributed by atoms with Gasteiger partial charge in [-0.3, -0.25) is 14.4 Å². The van der Waals surface area contributed by atoms with Crippen LogP contribution in [0.3, 0.4) is 0 Å². The highest BCUT2D eigenvalue weighted by atomic mass is 16.6. The third-order valence-corrected chi connectivity index (χ3v) is 5.31. The Hall–Kier alpha value is -2.74. The third kappa shape index (κ3) is 6.41. The number of carbonyl (C=O) groups excluding carboxylic acids is 4. The summed E-state index contributed by atoms with van der Waals surface area (Å²) >= 11 is 0. The van der Waals surface area contributed by atoms with E-state index < -0.39 is 64.7 Å². The standard InChI is InChI=1S/C25H34O8/c1-23(2,3)32-21(28)18-16(26)13-25(7,30)19(22(29)33-24(4,5)6)17(18)14-9-11-15(12-10-14)20(27)31-8/h9-12,17-19,30H,13H2,1-8H3/t17-,18-,19+,25-/m1/s1. The molecule has 0 bridgehead atoms. The summed E-state index contributed by atoms with van der Waals surface area (Å²) in [5.74, 6) is -6.20. The molecule has 8 heteroatoms. The zero-order valence-electron chi connectivity index (χ0n) is 20.6. The van der Waals surface area contributed by atoms with E-state index in [9.17, 15) is 24.3 Å². The van der Waals surface area contributed by atoms with Crippen LogP contribution in [-0.4, -0.2) is 52.7 Å². The van der Waals surface area contributed by atoms with Gasteiger partial charge in [0.2, 0.25) is 0 Å². The van der Waals surface area contributed by atoms with Crippen LogP contribution < -0.4 is 0 Å². The van der Waals surface area contributed by atoms with Crippen molar-refractivity contribution in [3.8, 4) is 0 Å². The van der Waals surface area contributed by atoms with E-state index in [2.05, 4.69) is 0 Å². The lowest BCUT2D eigenvalue weighted by atomic mass is 9.61. The number of benzene rings is 1. The van der Waals surface area contributed by atoms with Crippen LogP contribution in [0.15, 0.2) is 24.3 Å². The molecule has 1 N–H and O–H groups in total. The molecule has 4 atom stereocenters. The predicted octanol–water partition coefficient (Wildman–Crippen LogP) is 3.20. The Balaban J connectivity index is 2.65. The van der Waals surface area contributed by atoms with Gasteiger partial charge < -0.3 is 19.3 Å². The molecule has 0 amide bonds. The maximum atomic E-state index is 13.3. The van der Waals surface area contributed by atoms with Crippen molar-refractivity contribution in [3.63, 3.8) is 0 Å². The number of hydrogen-bond donors (Lipinski definition) is 1. The Morgan fingerprint density at radius 1 is 0.939 bits per heavy atom. The van der Waals surface area contributed by atoms with Gasteiger partial charge in [0, 0.05) is 12.3 Å². The first kappa shape index (κ1) is 26.5. The summed E-state index contributed by atoms with van der Waals surface area (Å²) in [5.41, 5.74) is -2.79. The molecule has 182 valence electrons. The van der Waals surface area contributed by atoms with E-state index in [1.807, 2.05) is 0 Å². The van der Waals surface area contributed by atoms with E-state index in [1.165, 1.54) is 26.2 Å². The van der Waals surface area contributed by atoms with Crippen molar-refractivity contribution >= 4 is 23.7 Å². The number of Topliss-reactive ketones (excluding diaryl/α,β-unsaturated/α-hetero) is 1. The number of rotatable bonds is 4. The molecule has 0 radical (unpaired) electrons. The van der Waals surface area contributed by atoms with Gasteiger partial charge >= 0.3 is 17.9 Å². The lowest BCUT2D eigenvalue weighted by Crippen LogP contribution is -2.56. The molecule has 0 unspecified atom stereocenters. The zero-order valence-corrected chi connectivity index (χ0v) is 20.6. The minimum absolute atomic E-state index is 0.262. The Morgan fingerprint density at radius 2 is 1.42 bits per heavy atom. The summed E-state index contributed by atoms with van der Waals surface area (Å²) in [6, 6.07) is 6.04. The first-order valence-electron chi connectivity index (χ1n) is 10.9. The van der Waals surface area contributed by atoms with E-state index in [0.717, 1.165) is 0 Å². The SMILES string of the molecule is COC(=O)c1ccc([C@@H]2[C@H](C(=O)OC(C)(C)C)C(=O)C[C@@](C)(O)[C@@H]2C(=O)OC(C)(C)C)cc1. The van der Waals surface area contributed by atoms with E-state index in [4.69, 9.17) is 14.2 Å². The number of esters is 3. The maximum Gasteiger partial charge on any atom is 0.337 e. The van der Waals surface area contributed by atoms with Crippen LogP contribution in [0, 0.1) is 11.8 Å². The first-order valence-corrected chi connectivity index (χ1v) is 10.9. The molecule has 1 saturated carbocycles. The van der Waals surface area contributed by atoms with Crippen LogP contribution in [0.25, 0.3) is 0 Å². The van der Waals surface area contributed by atoms with E-state index in [0.29, 0.717) is 5.56 Å². The monoisotopic (exact) mass is 462 g/mol. The Kier molecular flexibility index (Phi) is 7.43. The molecule has 1 aliphatic rings. The van der Waals surface area contributed by atoms with E-state index in [1.54, 1.807) is 53.7 Å². The Morgan fingerprint density at radius 3 is 1.88 bits per heavy atom. The molecule has 0 aliphatic heterocycles. The van der Waals surface area contributed by atoms with Crippen molar-refractivity contribution in [1.29, 1.82) is 0 Å². The molecular formula is C25H34O8. The number of aliphatic hydroxyl groups is 1. The summed E-state index contributed by atoms with van der Waals surface area (Å²) in [4.78, 5) is 51.4. The van der Waals surface area contributed by atoms with Gasteiger partial charge in [0.05, 0.1) is 24.2 Å². The van der Waals surface area contributed by atoms with Crippen LogP contribution >= 0.6 is 0 Å². The minimum atomic E-state index is -1.76. The molecule has 1 fully saturated rings. The molecule has 1 aromatic carbocycles. The minimum Gasteiger partial charge on any atom is -0.465 e. The summed E-state index contributed by atoms with van der Waals surface area (Å²) in [6.07, 6.45) is -0.405. The van der Waals surface area contributed by atoms with Crippen molar-refractivity contribution < 1.29 is 38.5 Å². The summed E-state index contributed by atoms with van der Waals surface area (Å²) in [7, 11) is 1.25. The summed E-state index contributed by atoms with van der Waals surface area (Å²) in [5, 5.41) is 11.2. The van der Waals surface area contributed by atoms with Crippen molar-refractivity contribution in [2.24, 2.45) is 11.8 Å². The van der Waals surface area contributed by atoms with Crippen LogP contribution in [0.5, 0.6) is 0 Å².